The summed E-state index contributed by atoms with van der Waals surface area (Å²) < 4.78 is 5.07. The van der Waals surface area contributed by atoms with Crippen LogP contribution in [-0.2, 0) is 9.59 Å². The van der Waals surface area contributed by atoms with Crippen molar-refractivity contribution in [1.82, 2.24) is 5.32 Å². The predicted octanol–water partition coefficient (Wildman–Crippen LogP) is 0.318. The number of carboxylic acid groups (broad SMARTS) is 2. The summed E-state index contributed by atoms with van der Waals surface area (Å²) in [7, 11) is 1.50. The Labute approximate surface area is 143 Å². The van der Waals surface area contributed by atoms with Gasteiger partial charge in [-0.3, -0.25) is 9.59 Å². The van der Waals surface area contributed by atoms with Gasteiger partial charge in [-0.1, -0.05) is 6.07 Å². The monoisotopic (exact) mass is 349 g/mol. The zero-order valence-electron chi connectivity index (χ0n) is 13.4. The van der Waals surface area contributed by atoms with Crippen molar-refractivity contribution in [2.24, 2.45) is 23.5 Å². The summed E-state index contributed by atoms with van der Waals surface area (Å²) in [6.07, 6.45) is -0.00697. The summed E-state index contributed by atoms with van der Waals surface area (Å²) in [5.74, 6) is -3.77. The number of carboxylic acids is 2. The molecule has 0 aliphatic heterocycles. The molecule has 0 radical (unpaired) electrons. The molecule has 9 nitrogen and oxygen atoms in total. The molecule has 5 unspecified atom stereocenters. The van der Waals surface area contributed by atoms with E-state index in [-0.39, 0.29) is 6.42 Å². The highest BCUT2D eigenvalue weighted by Gasteiger charge is 2.74. The van der Waals surface area contributed by atoms with Crippen molar-refractivity contribution in [1.29, 1.82) is 0 Å². The molecule has 0 spiro atoms. The third-order valence-electron chi connectivity index (χ3n) is 5.02. The number of rotatable bonds is 5. The Bertz CT molecular complexity index is 738. The lowest BCUT2D eigenvalue weighted by Crippen LogP contribution is -2.52. The number of ether oxygens (including phenoxy) is 1. The summed E-state index contributed by atoms with van der Waals surface area (Å²) in [6, 6.07) is 5.55. The first-order valence-electron chi connectivity index (χ1n) is 7.74. The first kappa shape index (κ1) is 17.0. The molecule has 0 heterocycles. The van der Waals surface area contributed by atoms with E-state index in [9.17, 15) is 24.6 Å². The minimum Gasteiger partial charge on any atom is -0.497 e. The van der Waals surface area contributed by atoms with Gasteiger partial charge in [0.1, 0.15) is 11.3 Å². The van der Waals surface area contributed by atoms with Crippen LogP contribution in [0.3, 0.4) is 0 Å². The maximum atomic E-state index is 12.2. The van der Waals surface area contributed by atoms with Crippen LogP contribution in [0.2, 0.25) is 0 Å². The SMILES string of the molecule is COc1cccc(NC(=O)NC2CC(N)(C(=O)O)C3C(C(=O)O)C23)c1. The van der Waals surface area contributed by atoms with Gasteiger partial charge >= 0.3 is 18.0 Å². The highest BCUT2D eigenvalue weighted by molar-refractivity contribution is 5.91. The molecule has 0 aromatic heterocycles. The van der Waals surface area contributed by atoms with Crippen molar-refractivity contribution < 1.29 is 29.3 Å². The molecule has 134 valence electrons. The summed E-state index contributed by atoms with van der Waals surface area (Å²) >= 11 is 0. The van der Waals surface area contributed by atoms with Crippen molar-refractivity contribution in [3.8, 4) is 5.75 Å². The number of hydrogen-bond donors (Lipinski definition) is 5. The molecule has 25 heavy (non-hydrogen) atoms. The number of hydrogen-bond acceptors (Lipinski definition) is 5. The molecule has 2 fully saturated rings. The van der Waals surface area contributed by atoms with Gasteiger partial charge in [0.05, 0.1) is 13.0 Å². The predicted molar refractivity (Wildman–Crippen MR) is 86.2 cm³/mol. The van der Waals surface area contributed by atoms with E-state index in [4.69, 9.17) is 10.5 Å². The van der Waals surface area contributed by atoms with Gasteiger partial charge in [-0.2, -0.15) is 0 Å². The normalized spacial score (nSPS) is 32.4. The van der Waals surface area contributed by atoms with E-state index < -0.39 is 47.3 Å². The van der Waals surface area contributed by atoms with Crippen LogP contribution >= 0.6 is 0 Å². The number of fused-ring (bicyclic) bond motifs is 1. The van der Waals surface area contributed by atoms with Crippen molar-refractivity contribution in [2.45, 2.75) is 18.0 Å². The topological polar surface area (TPSA) is 151 Å². The summed E-state index contributed by atoms with van der Waals surface area (Å²) in [5, 5.41) is 23.9. The number of methoxy groups -OCH3 is 1. The molecule has 5 atom stereocenters. The molecule has 0 saturated heterocycles. The lowest BCUT2D eigenvalue weighted by atomic mass is 9.90. The van der Waals surface area contributed by atoms with E-state index in [1.54, 1.807) is 24.3 Å². The molecule has 0 bridgehead atoms. The second kappa shape index (κ2) is 5.92. The van der Waals surface area contributed by atoms with Gasteiger partial charge in [0.15, 0.2) is 0 Å². The maximum Gasteiger partial charge on any atom is 0.324 e. The van der Waals surface area contributed by atoms with Crippen molar-refractivity contribution >= 4 is 23.7 Å². The number of urea groups is 1. The zero-order valence-corrected chi connectivity index (χ0v) is 13.4. The Morgan fingerprint density at radius 1 is 1.32 bits per heavy atom. The standard InChI is InChI=1S/C16H19N3O6/c1-25-8-4-2-3-7(5-8)18-15(24)19-9-6-16(17,14(22)23)12-10(9)11(12)13(20)21/h2-5,9-12H,6,17H2,1H3,(H,20,21)(H,22,23)(H2,18,19,24). The third-order valence-corrected chi connectivity index (χ3v) is 5.02. The van der Waals surface area contributed by atoms with Gasteiger partial charge < -0.3 is 31.3 Å². The lowest BCUT2D eigenvalue weighted by molar-refractivity contribution is -0.145. The smallest absolute Gasteiger partial charge is 0.324 e. The molecule has 2 aliphatic rings. The highest BCUT2D eigenvalue weighted by Crippen LogP contribution is 2.61. The number of carbonyl (C=O) groups is 3. The molecule has 3 rings (SSSR count). The second-order valence-electron chi connectivity index (χ2n) is 6.45. The van der Waals surface area contributed by atoms with Crippen LogP contribution in [0.25, 0.3) is 0 Å². The van der Waals surface area contributed by atoms with Crippen LogP contribution in [-0.4, -0.2) is 46.9 Å². The fourth-order valence-electron chi connectivity index (χ4n) is 3.87. The number of nitrogens with one attached hydrogen (secondary N) is 2. The van der Waals surface area contributed by atoms with Gasteiger partial charge in [0.2, 0.25) is 0 Å². The number of nitrogens with two attached hydrogens (primary N) is 1. The van der Waals surface area contributed by atoms with E-state index in [1.165, 1.54) is 7.11 Å². The Morgan fingerprint density at radius 2 is 2.04 bits per heavy atom. The average molecular weight is 349 g/mol. The lowest BCUT2D eigenvalue weighted by Gasteiger charge is -2.25. The van der Waals surface area contributed by atoms with Crippen LogP contribution in [0.5, 0.6) is 5.75 Å². The second-order valence-corrected chi connectivity index (χ2v) is 6.45. The summed E-state index contributed by atoms with van der Waals surface area (Å²) in [4.78, 5) is 34.9. The number of aliphatic carboxylic acids is 2. The molecule has 2 saturated carbocycles. The molecular weight excluding hydrogens is 330 g/mol. The summed E-state index contributed by atoms with van der Waals surface area (Å²) in [5.41, 5.74) is 4.78. The van der Waals surface area contributed by atoms with Crippen LogP contribution in [0.4, 0.5) is 10.5 Å². The van der Waals surface area contributed by atoms with Gasteiger partial charge in [-0.15, -0.1) is 0 Å². The Morgan fingerprint density at radius 3 is 2.64 bits per heavy atom. The maximum absolute atomic E-state index is 12.2. The Kier molecular flexibility index (Phi) is 4.03. The van der Waals surface area contributed by atoms with Gasteiger partial charge in [0.25, 0.3) is 0 Å². The van der Waals surface area contributed by atoms with E-state index >= 15 is 0 Å². The van der Waals surface area contributed by atoms with Crippen molar-refractivity contribution in [3.63, 3.8) is 0 Å². The third kappa shape index (κ3) is 2.86. The first-order chi connectivity index (χ1) is 11.8. The molecular formula is C16H19N3O6. The molecule has 6 N–H and O–H groups in total. The van der Waals surface area contributed by atoms with Crippen LogP contribution in [0, 0.1) is 17.8 Å². The quantitative estimate of drug-likeness (QED) is 0.513. The van der Waals surface area contributed by atoms with Gasteiger partial charge in [-0.25, -0.2) is 4.79 Å². The van der Waals surface area contributed by atoms with Crippen molar-refractivity contribution in [2.75, 3.05) is 12.4 Å². The molecule has 9 heteroatoms. The fourth-order valence-corrected chi connectivity index (χ4v) is 3.87. The van der Waals surface area contributed by atoms with Gasteiger partial charge in [0, 0.05) is 23.7 Å². The summed E-state index contributed by atoms with van der Waals surface area (Å²) in [6.45, 7) is 0. The van der Waals surface area contributed by atoms with Crippen LogP contribution in [0.1, 0.15) is 6.42 Å². The minimum atomic E-state index is -1.64. The average Bonchev–Trinajstić information content (AvgIpc) is 3.24. The van der Waals surface area contributed by atoms with Crippen LogP contribution in [0.15, 0.2) is 24.3 Å². The number of carbonyl (C=O) groups excluding carboxylic acids is 1. The Balaban J connectivity index is 1.69. The van der Waals surface area contributed by atoms with E-state index in [0.29, 0.717) is 11.4 Å². The van der Waals surface area contributed by atoms with Gasteiger partial charge in [-0.05, 0) is 24.5 Å². The van der Waals surface area contributed by atoms with E-state index in [1.807, 2.05) is 0 Å². The highest BCUT2D eigenvalue weighted by atomic mass is 16.5. The van der Waals surface area contributed by atoms with Crippen LogP contribution < -0.4 is 21.1 Å². The molecule has 2 aliphatic carbocycles. The van der Waals surface area contributed by atoms with E-state index in [2.05, 4.69) is 10.6 Å². The molecule has 1 aromatic rings. The fraction of sp³-hybridized carbons (Fsp3) is 0.438. The first-order valence-corrected chi connectivity index (χ1v) is 7.74. The zero-order chi connectivity index (χ0) is 18.4. The number of anilines is 1. The number of amides is 2. The molecule has 2 amide bonds. The largest absolute Gasteiger partial charge is 0.497 e. The van der Waals surface area contributed by atoms with E-state index in [0.717, 1.165) is 0 Å². The minimum absolute atomic E-state index is 0.00697. The van der Waals surface area contributed by atoms with Crippen molar-refractivity contribution in [3.05, 3.63) is 24.3 Å². The number of benzene rings is 1. The Hall–Kier alpha value is -2.81. The molecule has 1 aromatic carbocycles.